The fourth-order valence-electron chi connectivity index (χ4n) is 2.35. The van der Waals surface area contributed by atoms with Crippen molar-refractivity contribution < 1.29 is 14.3 Å². The van der Waals surface area contributed by atoms with Gasteiger partial charge in [0.25, 0.3) is 5.91 Å². The molecule has 1 aliphatic rings. The van der Waals surface area contributed by atoms with Crippen LogP contribution in [0.3, 0.4) is 0 Å². The number of amides is 1. The first-order valence-corrected chi connectivity index (χ1v) is 7.07. The van der Waals surface area contributed by atoms with Crippen LogP contribution in [0.4, 0.5) is 0 Å². The van der Waals surface area contributed by atoms with Crippen molar-refractivity contribution in [3.05, 3.63) is 34.9 Å². The molecular formula is C15H15ClN2O3. The number of hydrogen-bond donors (Lipinski definition) is 1. The van der Waals surface area contributed by atoms with E-state index < -0.39 is 24.0 Å². The van der Waals surface area contributed by atoms with Crippen molar-refractivity contribution in [2.75, 3.05) is 6.61 Å². The second-order valence-electron chi connectivity index (χ2n) is 5.03. The molecule has 1 amide bonds. The Morgan fingerprint density at radius 3 is 2.48 bits per heavy atom. The van der Waals surface area contributed by atoms with E-state index in [0.29, 0.717) is 23.4 Å². The molecule has 0 saturated heterocycles. The Morgan fingerprint density at radius 1 is 1.29 bits per heavy atom. The molecule has 1 N–H and O–H groups in total. The van der Waals surface area contributed by atoms with E-state index in [1.165, 1.54) is 12.1 Å². The lowest BCUT2D eigenvalue weighted by Crippen LogP contribution is -2.46. The monoisotopic (exact) mass is 306 g/mol. The number of carbonyl (C=O) groups is 2. The van der Waals surface area contributed by atoms with Crippen LogP contribution in [0.15, 0.2) is 24.3 Å². The Morgan fingerprint density at radius 2 is 1.90 bits per heavy atom. The number of carbonyl (C=O) groups excluding carboxylic acids is 2. The largest absolute Gasteiger partial charge is 0.452 e. The zero-order valence-corrected chi connectivity index (χ0v) is 12.2. The number of nitriles is 1. The van der Waals surface area contributed by atoms with Crippen LogP contribution in [0.1, 0.15) is 36.0 Å². The Labute approximate surface area is 127 Å². The van der Waals surface area contributed by atoms with Gasteiger partial charge in [-0.3, -0.25) is 4.79 Å². The van der Waals surface area contributed by atoms with Crippen molar-refractivity contribution >= 4 is 23.5 Å². The van der Waals surface area contributed by atoms with Gasteiger partial charge in [0.2, 0.25) is 0 Å². The lowest BCUT2D eigenvalue weighted by atomic mass is 10.00. The van der Waals surface area contributed by atoms with Gasteiger partial charge >= 0.3 is 5.97 Å². The fraction of sp³-hybridized carbons (Fsp3) is 0.400. The minimum Gasteiger partial charge on any atom is -0.452 e. The maximum absolute atomic E-state index is 11.8. The molecule has 2 rings (SSSR count). The van der Waals surface area contributed by atoms with E-state index in [1.54, 1.807) is 12.1 Å². The van der Waals surface area contributed by atoms with Gasteiger partial charge < -0.3 is 10.1 Å². The average molecular weight is 307 g/mol. The molecule has 5 nitrogen and oxygen atoms in total. The highest BCUT2D eigenvalue weighted by Crippen LogP contribution is 2.28. The van der Waals surface area contributed by atoms with E-state index >= 15 is 0 Å². The lowest BCUT2D eigenvalue weighted by Gasteiger charge is -2.21. The number of halogens is 1. The molecule has 1 saturated carbocycles. The first-order valence-electron chi connectivity index (χ1n) is 6.70. The van der Waals surface area contributed by atoms with Crippen molar-refractivity contribution in [3.8, 4) is 6.07 Å². The number of esters is 1. The van der Waals surface area contributed by atoms with Gasteiger partial charge in [-0.1, -0.05) is 11.6 Å². The van der Waals surface area contributed by atoms with Gasteiger partial charge in [-0.15, -0.1) is 0 Å². The molecule has 0 aromatic heterocycles. The Balaban J connectivity index is 1.85. The topological polar surface area (TPSA) is 79.2 Å². The van der Waals surface area contributed by atoms with Gasteiger partial charge in [0, 0.05) is 5.02 Å². The normalized spacial score (nSPS) is 16.0. The van der Waals surface area contributed by atoms with E-state index in [0.717, 1.165) is 12.8 Å². The molecule has 0 spiro atoms. The highest BCUT2D eigenvalue weighted by Gasteiger charge is 2.35. The highest BCUT2D eigenvalue weighted by molar-refractivity contribution is 6.30. The van der Waals surface area contributed by atoms with Crippen LogP contribution in [0.5, 0.6) is 0 Å². The summed E-state index contributed by atoms with van der Waals surface area (Å²) in [6.07, 6.45) is 3.11. The SMILES string of the molecule is N#CC1(NC(=O)COC(=O)c2ccc(Cl)cc2)CCCC1. The molecule has 0 aliphatic heterocycles. The number of rotatable bonds is 4. The van der Waals surface area contributed by atoms with Gasteiger partial charge in [-0.05, 0) is 49.9 Å². The van der Waals surface area contributed by atoms with E-state index in [4.69, 9.17) is 21.6 Å². The van der Waals surface area contributed by atoms with E-state index in [1.807, 2.05) is 0 Å². The lowest BCUT2D eigenvalue weighted by molar-refractivity contribution is -0.125. The quantitative estimate of drug-likeness (QED) is 0.867. The molecule has 0 atom stereocenters. The summed E-state index contributed by atoms with van der Waals surface area (Å²) < 4.78 is 4.93. The number of nitrogens with zero attached hydrogens (tertiary/aromatic N) is 1. The minimum atomic E-state index is -0.802. The molecule has 0 unspecified atom stereocenters. The maximum Gasteiger partial charge on any atom is 0.338 e. The third kappa shape index (κ3) is 3.96. The number of hydrogen-bond acceptors (Lipinski definition) is 4. The van der Waals surface area contributed by atoms with Gasteiger partial charge in [-0.2, -0.15) is 5.26 Å². The molecule has 1 aromatic rings. The molecule has 1 fully saturated rings. The first-order chi connectivity index (χ1) is 10.0. The zero-order valence-electron chi connectivity index (χ0n) is 11.4. The summed E-state index contributed by atoms with van der Waals surface area (Å²) in [4.78, 5) is 23.5. The summed E-state index contributed by atoms with van der Waals surface area (Å²) in [7, 11) is 0. The first kappa shape index (κ1) is 15.3. The van der Waals surface area contributed by atoms with Gasteiger partial charge in [0.1, 0.15) is 5.54 Å². The number of nitrogens with one attached hydrogen (secondary N) is 1. The zero-order chi connectivity index (χ0) is 15.3. The van der Waals surface area contributed by atoms with Crippen molar-refractivity contribution in [2.24, 2.45) is 0 Å². The third-order valence-electron chi connectivity index (χ3n) is 3.46. The van der Waals surface area contributed by atoms with Crippen LogP contribution < -0.4 is 5.32 Å². The molecule has 6 heteroatoms. The summed E-state index contributed by atoms with van der Waals surface area (Å²) in [6.45, 7) is -0.398. The smallest absolute Gasteiger partial charge is 0.338 e. The molecule has 110 valence electrons. The molecule has 1 aromatic carbocycles. The number of ether oxygens (including phenoxy) is 1. The van der Waals surface area contributed by atoms with Gasteiger partial charge in [-0.25, -0.2) is 4.79 Å². The van der Waals surface area contributed by atoms with E-state index in [2.05, 4.69) is 11.4 Å². The van der Waals surface area contributed by atoms with Crippen LogP contribution in [-0.4, -0.2) is 24.0 Å². The van der Waals surface area contributed by atoms with Crippen molar-refractivity contribution in [1.29, 1.82) is 5.26 Å². The summed E-state index contributed by atoms with van der Waals surface area (Å²) in [6, 6.07) is 8.34. The molecule has 0 radical (unpaired) electrons. The predicted molar refractivity (Wildman–Crippen MR) is 76.7 cm³/mol. The standard InChI is InChI=1S/C15H15ClN2O3/c16-12-5-3-11(4-6-12)14(20)21-9-13(19)18-15(10-17)7-1-2-8-15/h3-6H,1-2,7-9H2,(H,18,19). The van der Waals surface area contributed by atoms with Crippen LogP contribution in [0, 0.1) is 11.3 Å². The van der Waals surface area contributed by atoms with Crippen LogP contribution >= 0.6 is 11.6 Å². The maximum atomic E-state index is 11.8. The second kappa shape index (κ2) is 6.59. The number of benzene rings is 1. The van der Waals surface area contributed by atoms with E-state index in [-0.39, 0.29) is 0 Å². The van der Waals surface area contributed by atoms with Gasteiger partial charge in [0.05, 0.1) is 11.6 Å². The third-order valence-corrected chi connectivity index (χ3v) is 3.72. The molecular weight excluding hydrogens is 292 g/mol. The Kier molecular flexibility index (Phi) is 4.81. The average Bonchev–Trinajstić information content (AvgIpc) is 2.94. The van der Waals surface area contributed by atoms with Gasteiger partial charge in [0.15, 0.2) is 6.61 Å². The van der Waals surface area contributed by atoms with Crippen molar-refractivity contribution in [3.63, 3.8) is 0 Å². The van der Waals surface area contributed by atoms with Crippen LogP contribution in [0.2, 0.25) is 5.02 Å². The Bertz CT molecular complexity index is 572. The summed E-state index contributed by atoms with van der Waals surface area (Å²) in [5, 5.41) is 12.3. The summed E-state index contributed by atoms with van der Waals surface area (Å²) in [5.74, 6) is -1.06. The fourth-order valence-corrected chi connectivity index (χ4v) is 2.47. The summed E-state index contributed by atoms with van der Waals surface area (Å²) >= 11 is 5.72. The molecule has 0 heterocycles. The second-order valence-corrected chi connectivity index (χ2v) is 5.47. The molecule has 21 heavy (non-hydrogen) atoms. The van der Waals surface area contributed by atoms with Crippen molar-refractivity contribution in [2.45, 2.75) is 31.2 Å². The van der Waals surface area contributed by atoms with Crippen LogP contribution in [-0.2, 0) is 9.53 Å². The van der Waals surface area contributed by atoms with Crippen molar-refractivity contribution in [1.82, 2.24) is 5.32 Å². The predicted octanol–water partition coefficient (Wildman–Crippen LogP) is 2.45. The molecule has 1 aliphatic carbocycles. The minimum absolute atomic E-state index is 0.322. The van der Waals surface area contributed by atoms with Crippen LogP contribution in [0.25, 0.3) is 0 Å². The van der Waals surface area contributed by atoms with E-state index in [9.17, 15) is 9.59 Å². The highest BCUT2D eigenvalue weighted by atomic mass is 35.5. The summed E-state index contributed by atoms with van der Waals surface area (Å²) in [5.41, 5.74) is -0.480. The molecule has 0 bridgehead atoms. The Hall–Kier alpha value is -2.06.